The molecule has 2 aromatic rings. The summed E-state index contributed by atoms with van der Waals surface area (Å²) in [4.78, 5) is 1.97. The van der Waals surface area contributed by atoms with Crippen molar-refractivity contribution >= 4 is 22.2 Å². The molecular formula is C12H16N4S. The smallest absolute Gasteiger partial charge is 0.207 e. The molecule has 0 radical (unpaired) electrons. The highest BCUT2D eigenvalue weighted by Gasteiger charge is 2.06. The maximum Gasteiger partial charge on any atom is 0.207 e. The number of anilines is 2. The van der Waals surface area contributed by atoms with Crippen LogP contribution in [0, 0.1) is 0 Å². The molecule has 2 rings (SSSR count). The molecule has 90 valence electrons. The van der Waals surface area contributed by atoms with E-state index in [0.29, 0.717) is 0 Å². The summed E-state index contributed by atoms with van der Waals surface area (Å²) in [5.41, 5.74) is 7.92. The highest BCUT2D eigenvalue weighted by Crippen LogP contribution is 2.20. The average Bonchev–Trinajstić information content (AvgIpc) is 2.77. The lowest BCUT2D eigenvalue weighted by Crippen LogP contribution is -2.07. The van der Waals surface area contributed by atoms with Crippen LogP contribution in [0.1, 0.15) is 10.6 Å². The summed E-state index contributed by atoms with van der Waals surface area (Å²) < 4.78 is 0. The largest absolute Gasteiger partial charge is 0.399 e. The number of hydrogen-bond acceptors (Lipinski definition) is 5. The highest BCUT2D eigenvalue weighted by atomic mass is 32.1. The van der Waals surface area contributed by atoms with Crippen molar-refractivity contribution in [3.63, 3.8) is 0 Å². The van der Waals surface area contributed by atoms with E-state index < -0.39 is 0 Å². The molecule has 1 heterocycles. The third-order valence-electron chi connectivity index (χ3n) is 2.50. The number of para-hydroxylation sites is 1. The van der Waals surface area contributed by atoms with Crippen LogP contribution in [0.3, 0.4) is 0 Å². The van der Waals surface area contributed by atoms with E-state index in [1.807, 2.05) is 37.2 Å². The van der Waals surface area contributed by atoms with Gasteiger partial charge in [-0.2, -0.15) is 0 Å². The van der Waals surface area contributed by atoms with Gasteiger partial charge in [-0.3, -0.25) is 0 Å². The summed E-state index contributed by atoms with van der Waals surface area (Å²) in [6, 6.07) is 7.95. The quantitative estimate of drug-likeness (QED) is 0.841. The predicted octanol–water partition coefficient (Wildman–Crippen LogP) is 1.97. The molecule has 0 aliphatic heterocycles. The zero-order valence-electron chi connectivity index (χ0n) is 10.1. The summed E-state index contributed by atoms with van der Waals surface area (Å²) in [6.45, 7) is 0. The zero-order valence-corrected chi connectivity index (χ0v) is 10.9. The molecule has 0 amide bonds. The van der Waals surface area contributed by atoms with Gasteiger partial charge >= 0.3 is 0 Å². The molecule has 2 N–H and O–H groups in total. The van der Waals surface area contributed by atoms with E-state index in [9.17, 15) is 0 Å². The first-order chi connectivity index (χ1) is 8.16. The number of nitrogen functional groups attached to an aromatic ring is 1. The molecule has 17 heavy (non-hydrogen) atoms. The molecule has 5 heteroatoms. The van der Waals surface area contributed by atoms with Gasteiger partial charge in [-0.15, -0.1) is 10.2 Å². The van der Waals surface area contributed by atoms with Crippen LogP contribution in [0.4, 0.5) is 10.8 Å². The molecule has 0 spiro atoms. The fourth-order valence-electron chi connectivity index (χ4n) is 1.53. The second-order valence-corrected chi connectivity index (χ2v) is 5.11. The fourth-order valence-corrected chi connectivity index (χ4v) is 2.29. The van der Waals surface area contributed by atoms with Gasteiger partial charge in [0.25, 0.3) is 0 Å². The maximum atomic E-state index is 5.90. The first-order valence-electron chi connectivity index (χ1n) is 5.50. The Hall–Kier alpha value is -1.62. The van der Waals surface area contributed by atoms with Crippen molar-refractivity contribution < 1.29 is 0 Å². The number of aryl methyl sites for hydroxylation is 2. The van der Waals surface area contributed by atoms with Crippen LogP contribution in [0.5, 0.6) is 0 Å². The minimum atomic E-state index is 0.852. The number of nitrogens with zero attached hydrogens (tertiary/aromatic N) is 3. The molecule has 0 saturated carbocycles. The second-order valence-electron chi connectivity index (χ2n) is 4.07. The second kappa shape index (κ2) is 5.14. The van der Waals surface area contributed by atoms with Gasteiger partial charge in [0.1, 0.15) is 5.01 Å². The third-order valence-corrected chi connectivity index (χ3v) is 3.65. The minimum absolute atomic E-state index is 0.852. The van der Waals surface area contributed by atoms with Crippen molar-refractivity contribution in [3.8, 4) is 0 Å². The molecule has 0 aliphatic rings. The summed E-state index contributed by atoms with van der Waals surface area (Å²) in [7, 11) is 3.94. The van der Waals surface area contributed by atoms with Gasteiger partial charge in [0, 0.05) is 26.2 Å². The standard InChI is InChI=1S/C12H16N4S/c1-16(2)12-15-14-11(17-12)8-7-9-5-3-4-6-10(9)13/h3-6H,7-8,13H2,1-2H3. The van der Waals surface area contributed by atoms with E-state index in [1.54, 1.807) is 11.3 Å². The topological polar surface area (TPSA) is 55.0 Å². The number of nitrogens with two attached hydrogens (primary N) is 1. The Labute approximate surface area is 105 Å². The molecule has 1 aromatic carbocycles. The maximum absolute atomic E-state index is 5.90. The number of benzene rings is 1. The Morgan fingerprint density at radius 3 is 2.59 bits per heavy atom. The van der Waals surface area contributed by atoms with Gasteiger partial charge in [-0.05, 0) is 18.1 Å². The Morgan fingerprint density at radius 2 is 1.94 bits per heavy atom. The monoisotopic (exact) mass is 248 g/mol. The van der Waals surface area contributed by atoms with Crippen LogP contribution in [-0.2, 0) is 12.8 Å². The van der Waals surface area contributed by atoms with Crippen LogP contribution < -0.4 is 10.6 Å². The van der Waals surface area contributed by atoms with Gasteiger partial charge in [-0.1, -0.05) is 29.5 Å². The van der Waals surface area contributed by atoms with Crippen molar-refractivity contribution in [2.24, 2.45) is 0 Å². The highest BCUT2D eigenvalue weighted by molar-refractivity contribution is 7.15. The number of aromatic nitrogens is 2. The molecule has 0 unspecified atom stereocenters. The average molecular weight is 248 g/mol. The van der Waals surface area contributed by atoms with E-state index in [-0.39, 0.29) is 0 Å². The van der Waals surface area contributed by atoms with Crippen LogP contribution in [0.25, 0.3) is 0 Å². The Bertz CT molecular complexity index is 493. The van der Waals surface area contributed by atoms with Crippen molar-refractivity contribution in [2.45, 2.75) is 12.8 Å². The lowest BCUT2D eigenvalue weighted by molar-refractivity contribution is 0.899. The summed E-state index contributed by atoms with van der Waals surface area (Å²) in [5, 5.41) is 10.3. The van der Waals surface area contributed by atoms with Crippen molar-refractivity contribution in [2.75, 3.05) is 24.7 Å². The Morgan fingerprint density at radius 1 is 1.18 bits per heavy atom. The Balaban J connectivity index is 2.00. The molecular weight excluding hydrogens is 232 g/mol. The normalized spacial score (nSPS) is 10.5. The van der Waals surface area contributed by atoms with Crippen molar-refractivity contribution in [1.29, 1.82) is 0 Å². The van der Waals surface area contributed by atoms with E-state index in [0.717, 1.165) is 28.7 Å². The van der Waals surface area contributed by atoms with Gasteiger partial charge < -0.3 is 10.6 Å². The van der Waals surface area contributed by atoms with Gasteiger partial charge in [-0.25, -0.2) is 0 Å². The summed E-state index contributed by atoms with van der Waals surface area (Å²) in [6.07, 6.45) is 1.80. The molecule has 0 bridgehead atoms. The fraction of sp³-hybridized carbons (Fsp3) is 0.333. The van der Waals surface area contributed by atoms with E-state index in [2.05, 4.69) is 16.3 Å². The van der Waals surface area contributed by atoms with E-state index >= 15 is 0 Å². The van der Waals surface area contributed by atoms with Gasteiger partial charge in [0.15, 0.2) is 0 Å². The lowest BCUT2D eigenvalue weighted by Gasteiger charge is -2.04. The van der Waals surface area contributed by atoms with Crippen LogP contribution >= 0.6 is 11.3 Å². The number of rotatable bonds is 4. The third kappa shape index (κ3) is 2.94. The molecule has 0 saturated heterocycles. The van der Waals surface area contributed by atoms with Gasteiger partial charge in [0.05, 0.1) is 0 Å². The van der Waals surface area contributed by atoms with Crippen molar-refractivity contribution in [1.82, 2.24) is 10.2 Å². The predicted molar refractivity (Wildman–Crippen MR) is 72.5 cm³/mol. The molecule has 4 nitrogen and oxygen atoms in total. The van der Waals surface area contributed by atoms with E-state index in [1.165, 1.54) is 5.56 Å². The first kappa shape index (κ1) is 11.9. The van der Waals surface area contributed by atoms with Crippen molar-refractivity contribution in [3.05, 3.63) is 34.8 Å². The summed E-state index contributed by atoms with van der Waals surface area (Å²) in [5.74, 6) is 0. The van der Waals surface area contributed by atoms with E-state index in [4.69, 9.17) is 5.73 Å². The molecule has 0 atom stereocenters. The first-order valence-corrected chi connectivity index (χ1v) is 6.31. The minimum Gasteiger partial charge on any atom is -0.399 e. The lowest BCUT2D eigenvalue weighted by atomic mass is 10.1. The number of hydrogen-bond donors (Lipinski definition) is 1. The SMILES string of the molecule is CN(C)c1nnc(CCc2ccccc2N)s1. The molecule has 1 aromatic heterocycles. The van der Waals surface area contributed by atoms with Crippen LogP contribution in [-0.4, -0.2) is 24.3 Å². The Kier molecular flexibility index (Phi) is 3.58. The van der Waals surface area contributed by atoms with Gasteiger partial charge in [0.2, 0.25) is 5.13 Å². The molecule has 0 aliphatic carbocycles. The zero-order chi connectivity index (χ0) is 12.3. The summed E-state index contributed by atoms with van der Waals surface area (Å²) >= 11 is 1.63. The van der Waals surface area contributed by atoms with Crippen LogP contribution in [0.15, 0.2) is 24.3 Å². The molecule has 0 fully saturated rings. The van der Waals surface area contributed by atoms with Crippen LogP contribution in [0.2, 0.25) is 0 Å².